The maximum atomic E-state index is 5.75. The molecule has 0 atom stereocenters. The monoisotopic (exact) mass is 309 g/mol. The number of aromatic nitrogens is 4. The normalized spacial score (nSPS) is 11.2. The molecule has 3 aromatic heterocycles. The van der Waals surface area contributed by atoms with Crippen molar-refractivity contribution in [3.63, 3.8) is 0 Å². The molecule has 0 amide bonds. The number of hydrogen-bond donors (Lipinski definition) is 2. The van der Waals surface area contributed by atoms with Gasteiger partial charge in [0.1, 0.15) is 11.8 Å². The first kappa shape index (κ1) is 10.7. The number of nitrogens with one attached hydrogen (secondary N) is 1. The van der Waals surface area contributed by atoms with Gasteiger partial charge in [-0.15, -0.1) is 11.3 Å². The van der Waals surface area contributed by atoms with Gasteiger partial charge in [-0.2, -0.15) is 0 Å². The molecule has 0 aliphatic heterocycles. The molecule has 0 fully saturated rings. The Hall–Kier alpha value is -1.47. The fraction of sp³-hybridized carbons (Fsp3) is 0.100. The zero-order chi connectivity index (χ0) is 12.0. The first-order chi connectivity index (χ1) is 8.15. The lowest BCUT2D eigenvalue weighted by atomic mass is 10.3. The molecule has 3 aromatic rings. The Labute approximate surface area is 109 Å². The Morgan fingerprint density at radius 2 is 2.24 bits per heavy atom. The molecule has 5 nitrogen and oxygen atoms in total. The average Bonchev–Trinajstić information content (AvgIpc) is 2.85. The van der Waals surface area contributed by atoms with Crippen molar-refractivity contribution < 1.29 is 0 Å². The van der Waals surface area contributed by atoms with Crippen molar-refractivity contribution in [2.75, 3.05) is 5.73 Å². The first-order valence-corrected chi connectivity index (χ1v) is 6.48. The van der Waals surface area contributed by atoms with Crippen LogP contribution in [0.4, 0.5) is 5.82 Å². The van der Waals surface area contributed by atoms with E-state index in [4.69, 9.17) is 5.73 Å². The number of fused-ring (bicyclic) bond motifs is 1. The van der Waals surface area contributed by atoms with Crippen molar-refractivity contribution in [3.05, 3.63) is 21.7 Å². The van der Waals surface area contributed by atoms with E-state index in [1.165, 1.54) is 11.9 Å². The second-order valence-electron chi connectivity index (χ2n) is 3.61. The Balaban J connectivity index is 2.21. The molecule has 0 radical (unpaired) electrons. The van der Waals surface area contributed by atoms with Crippen LogP contribution in [-0.4, -0.2) is 19.9 Å². The van der Waals surface area contributed by atoms with Gasteiger partial charge in [0.05, 0.1) is 8.66 Å². The third-order valence-corrected chi connectivity index (χ3v) is 4.55. The molecule has 3 rings (SSSR count). The highest BCUT2D eigenvalue weighted by atomic mass is 79.9. The smallest absolute Gasteiger partial charge is 0.183 e. The van der Waals surface area contributed by atoms with E-state index in [9.17, 15) is 0 Å². The number of H-pyrrole nitrogens is 1. The molecular weight excluding hydrogens is 302 g/mol. The topological polar surface area (TPSA) is 80.5 Å². The minimum Gasteiger partial charge on any atom is -0.382 e. The third kappa shape index (κ3) is 1.71. The molecule has 86 valence electrons. The van der Waals surface area contributed by atoms with Crippen LogP contribution in [0.15, 0.2) is 16.2 Å². The van der Waals surface area contributed by atoms with Crippen molar-refractivity contribution in [1.82, 2.24) is 19.9 Å². The van der Waals surface area contributed by atoms with E-state index in [2.05, 4.69) is 41.9 Å². The molecule has 0 aliphatic carbocycles. The summed E-state index contributed by atoms with van der Waals surface area (Å²) in [5.74, 6) is 1.19. The average molecular weight is 310 g/mol. The molecule has 0 spiro atoms. The van der Waals surface area contributed by atoms with Crippen LogP contribution in [0.2, 0.25) is 0 Å². The molecule has 0 saturated carbocycles. The lowest BCUT2D eigenvalue weighted by molar-refractivity contribution is 1.21. The second kappa shape index (κ2) is 3.78. The number of nitrogens with zero attached hydrogens (tertiary/aromatic N) is 3. The fourth-order valence-corrected chi connectivity index (χ4v) is 3.02. The van der Waals surface area contributed by atoms with Crippen molar-refractivity contribution in [2.24, 2.45) is 0 Å². The summed E-state index contributed by atoms with van der Waals surface area (Å²) >= 11 is 5.12. The largest absolute Gasteiger partial charge is 0.382 e. The SMILES string of the molecule is Cc1cc(-c2nc3ncnc(N)c3[nH]2)sc1Br. The lowest BCUT2D eigenvalue weighted by Gasteiger charge is -1.90. The number of hydrogen-bond acceptors (Lipinski definition) is 5. The van der Waals surface area contributed by atoms with Gasteiger partial charge in [-0.05, 0) is 34.5 Å². The van der Waals surface area contributed by atoms with E-state index in [1.807, 2.05) is 6.92 Å². The van der Waals surface area contributed by atoms with Gasteiger partial charge in [0.25, 0.3) is 0 Å². The molecule has 3 N–H and O–H groups in total. The first-order valence-electron chi connectivity index (χ1n) is 4.87. The van der Waals surface area contributed by atoms with Gasteiger partial charge in [-0.25, -0.2) is 15.0 Å². The molecule has 0 unspecified atom stereocenters. The number of thiophene rings is 1. The summed E-state index contributed by atoms with van der Waals surface area (Å²) in [6.45, 7) is 2.04. The highest BCUT2D eigenvalue weighted by Gasteiger charge is 2.12. The van der Waals surface area contributed by atoms with E-state index in [1.54, 1.807) is 11.3 Å². The number of aryl methyl sites for hydroxylation is 1. The van der Waals surface area contributed by atoms with Crippen LogP contribution in [0.1, 0.15) is 5.56 Å². The van der Waals surface area contributed by atoms with E-state index in [0.29, 0.717) is 17.0 Å². The number of nitrogen functional groups attached to an aromatic ring is 1. The van der Waals surface area contributed by atoms with Crippen LogP contribution in [0, 0.1) is 6.92 Å². The van der Waals surface area contributed by atoms with Gasteiger partial charge in [0, 0.05) is 0 Å². The number of aromatic amines is 1. The summed E-state index contributed by atoms with van der Waals surface area (Å²) < 4.78 is 1.10. The molecular formula is C10H8BrN5S. The van der Waals surface area contributed by atoms with Crippen LogP contribution >= 0.6 is 27.3 Å². The summed E-state index contributed by atoms with van der Waals surface area (Å²) in [7, 11) is 0. The van der Waals surface area contributed by atoms with Gasteiger partial charge in [0.2, 0.25) is 0 Å². The van der Waals surface area contributed by atoms with Gasteiger partial charge >= 0.3 is 0 Å². The van der Waals surface area contributed by atoms with E-state index in [0.717, 1.165) is 14.5 Å². The Kier molecular flexibility index (Phi) is 2.37. The van der Waals surface area contributed by atoms with Gasteiger partial charge in [-0.3, -0.25) is 0 Å². The molecule has 3 heterocycles. The maximum absolute atomic E-state index is 5.75. The number of anilines is 1. The van der Waals surface area contributed by atoms with Crippen molar-refractivity contribution in [1.29, 1.82) is 0 Å². The molecule has 0 aliphatic rings. The van der Waals surface area contributed by atoms with Crippen LogP contribution in [-0.2, 0) is 0 Å². The van der Waals surface area contributed by atoms with E-state index >= 15 is 0 Å². The summed E-state index contributed by atoms with van der Waals surface area (Å²) in [4.78, 5) is 16.6. The van der Waals surface area contributed by atoms with E-state index in [-0.39, 0.29) is 0 Å². The fourth-order valence-electron chi connectivity index (χ4n) is 1.54. The van der Waals surface area contributed by atoms with Crippen molar-refractivity contribution in [3.8, 4) is 10.7 Å². The van der Waals surface area contributed by atoms with Crippen LogP contribution in [0.25, 0.3) is 21.9 Å². The van der Waals surface area contributed by atoms with E-state index < -0.39 is 0 Å². The minimum absolute atomic E-state index is 0.418. The molecule has 0 bridgehead atoms. The number of nitrogens with two attached hydrogens (primary N) is 1. The Morgan fingerprint density at radius 3 is 2.88 bits per heavy atom. The van der Waals surface area contributed by atoms with Gasteiger partial charge < -0.3 is 10.7 Å². The predicted molar refractivity (Wildman–Crippen MR) is 71.8 cm³/mol. The summed E-state index contributed by atoms with van der Waals surface area (Å²) in [5.41, 5.74) is 8.22. The number of halogens is 1. The molecule has 17 heavy (non-hydrogen) atoms. The van der Waals surface area contributed by atoms with Gasteiger partial charge in [-0.1, -0.05) is 0 Å². The Bertz CT molecular complexity index is 682. The third-order valence-electron chi connectivity index (χ3n) is 2.41. The Morgan fingerprint density at radius 1 is 1.41 bits per heavy atom. The van der Waals surface area contributed by atoms with Crippen molar-refractivity contribution >= 4 is 44.2 Å². The van der Waals surface area contributed by atoms with Crippen LogP contribution in [0.5, 0.6) is 0 Å². The minimum atomic E-state index is 0.418. The zero-order valence-corrected chi connectivity index (χ0v) is 11.3. The lowest BCUT2D eigenvalue weighted by Crippen LogP contribution is -1.91. The quantitative estimate of drug-likeness (QED) is 0.724. The molecule has 0 saturated heterocycles. The predicted octanol–water partition coefficient (Wildman–Crippen LogP) is 2.73. The highest BCUT2D eigenvalue weighted by Crippen LogP contribution is 2.34. The van der Waals surface area contributed by atoms with Crippen molar-refractivity contribution in [2.45, 2.75) is 6.92 Å². The standard InChI is InChI=1S/C10H8BrN5S/c1-4-2-5(17-7(4)11)9-15-6-8(12)13-3-14-10(6)16-9/h2-3H,1H3,(H3,12,13,14,15,16). The summed E-state index contributed by atoms with van der Waals surface area (Å²) in [6.07, 6.45) is 1.41. The number of imidazole rings is 1. The number of rotatable bonds is 1. The van der Waals surface area contributed by atoms with Gasteiger partial charge in [0.15, 0.2) is 17.3 Å². The summed E-state index contributed by atoms with van der Waals surface area (Å²) in [6, 6.07) is 2.07. The second-order valence-corrected chi connectivity index (χ2v) is 5.98. The molecule has 0 aromatic carbocycles. The maximum Gasteiger partial charge on any atom is 0.183 e. The summed E-state index contributed by atoms with van der Waals surface area (Å²) in [5, 5.41) is 0. The van der Waals surface area contributed by atoms with Crippen LogP contribution < -0.4 is 5.73 Å². The molecule has 7 heteroatoms. The van der Waals surface area contributed by atoms with Crippen LogP contribution in [0.3, 0.4) is 0 Å². The zero-order valence-electron chi connectivity index (χ0n) is 8.86. The highest BCUT2D eigenvalue weighted by molar-refractivity contribution is 9.11.